The number of rotatable bonds is 8. The molecule has 0 heterocycles. The van der Waals surface area contributed by atoms with Gasteiger partial charge in [0.2, 0.25) is 0 Å². The van der Waals surface area contributed by atoms with Crippen LogP contribution in [-0.4, -0.2) is 23.8 Å². The summed E-state index contributed by atoms with van der Waals surface area (Å²) in [7, 11) is 0. The first-order valence-electron chi connectivity index (χ1n) is 6.03. The highest BCUT2D eigenvalue weighted by molar-refractivity contribution is 4.70. The van der Waals surface area contributed by atoms with E-state index in [0.717, 1.165) is 6.54 Å². The summed E-state index contributed by atoms with van der Waals surface area (Å²) in [5.74, 6) is 0.353. The Labute approximate surface area is 89.1 Å². The van der Waals surface area contributed by atoms with Gasteiger partial charge in [0.05, 0.1) is 6.10 Å². The Morgan fingerprint density at radius 1 is 1.07 bits per heavy atom. The van der Waals surface area contributed by atoms with Gasteiger partial charge < -0.3 is 10.4 Å². The van der Waals surface area contributed by atoms with E-state index < -0.39 is 0 Å². The van der Waals surface area contributed by atoms with Crippen LogP contribution in [0.1, 0.15) is 53.4 Å². The van der Waals surface area contributed by atoms with Crippen molar-refractivity contribution in [2.45, 2.75) is 65.5 Å². The van der Waals surface area contributed by atoms with E-state index >= 15 is 0 Å². The zero-order chi connectivity index (χ0) is 11.0. The molecular weight excluding hydrogens is 174 g/mol. The zero-order valence-corrected chi connectivity index (χ0v) is 10.2. The third-order valence-electron chi connectivity index (χ3n) is 2.66. The summed E-state index contributed by atoms with van der Waals surface area (Å²) in [4.78, 5) is 0. The molecule has 0 saturated carbocycles. The van der Waals surface area contributed by atoms with Crippen molar-refractivity contribution < 1.29 is 5.11 Å². The van der Waals surface area contributed by atoms with Crippen molar-refractivity contribution >= 4 is 0 Å². The molecule has 14 heavy (non-hydrogen) atoms. The van der Waals surface area contributed by atoms with E-state index in [2.05, 4.69) is 33.0 Å². The molecule has 0 spiro atoms. The molecule has 0 aromatic heterocycles. The lowest BCUT2D eigenvalue weighted by atomic mass is 10.0. The van der Waals surface area contributed by atoms with Crippen molar-refractivity contribution in [1.82, 2.24) is 5.32 Å². The normalized spacial score (nSPS) is 13.9. The second-order valence-corrected chi connectivity index (χ2v) is 4.49. The fourth-order valence-corrected chi connectivity index (χ4v) is 1.57. The van der Waals surface area contributed by atoms with Crippen LogP contribution in [0, 0.1) is 5.92 Å². The van der Waals surface area contributed by atoms with Gasteiger partial charge in [0, 0.05) is 12.6 Å². The molecule has 0 bridgehead atoms. The molecule has 2 heteroatoms. The molecule has 0 aliphatic carbocycles. The fourth-order valence-electron chi connectivity index (χ4n) is 1.57. The van der Waals surface area contributed by atoms with E-state index in [1.807, 2.05) is 0 Å². The number of hydrogen-bond donors (Lipinski definition) is 2. The van der Waals surface area contributed by atoms with Gasteiger partial charge in [0.15, 0.2) is 0 Å². The molecule has 0 rings (SSSR count). The number of aliphatic hydroxyl groups is 1. The average molecular weight is 201 g/mol. The molecule has 1 unspecified atom stereocenters. The van der Waals surface area contributed by atoms with Crippen molar-refractivity contribution in [2.24, 2.45) is 5.92 Å². The van der Waals surface area contributed by atoms with Crippen LogP contribution in [0.5, 0.6) is 0 Å². The average Bonchev–Trinajstić information content (AvgIpc) is 2.14. The lowest BCUT2D eigenvalue weighted by molar-refractivity contribution is 0.119. The molecule has 0 amide bonds. The van der Waals surface area contributed by atoms with E-state index in [-0.39, 0.29) is 6.10 Å². The molecule has 0 aliphatic rings. The number of nitrogens with one attached hydrogen (secondary N) is 1. The van der Waals surface area contributed by atoms with Gasteiger partial charge >= 0.3 is 0 Å². The Hall–Kier alpha value is -0.0800. The monoisotopic (exact) mass is 201 g/mol. The second kappa shape index (κ2) is 8.25. The standard InChI is InChI=1S/C12H27NO/c1-5-7-11(8-6-2)13-9-12(14)10(3)4/h10-14H,5-9H2,1-4H3. The van der Waals surface area contributed by atoms with Gasteiger partial charge in [-0.25, -0.2) is 0 Å². The first-order valence-corrected chi connectivity index (χ1v) is 6.03. The smallest absolute Gasteiger partial charge is 0.0687 e. The maximum atomic E-state index is 9.65. The van der Waals surface area contributed by atoms with E-state index in [1.165, 1.54) is 25.7 Å². The minimum atomic E-state index is -0.203. The predicted molar refractivity (Wildman–Crippen MR) is 62.5 cm³/mol. The van der Waals surface area contributed by atoms with Crippen LogP contribution in [0.25, 0.3) is 0 Å². The molecule has 2 N–H and O–H groups in total. The summed E-state index contributed by atoms with van der Waals surface area (Å²) in [6, 6.07) is 0.596. The van der Waals surface area contributed by atoms with E-state index in [4.69, 9.17) is 0 Å². The van der Waals surface area contributed by atoms with Gasteiger partial charge in [-0.05, 0) is 18.8 Å². The first-order chi connectivity index (χ1) is 6.61. The van der Waals surface area contributed by atoms with Crippen molar-refractivity contribution in [3.8, 4) is 0 Å². The Balaban J connectivity index is 3.68. The minimum Gasteiger partial charge on any atom is -0.392 e. The molecule has 1 atom stereocenters. The van der Waals surface area contributed by atoms with Gasteiger partial charge in [0.25, 0.3) is 0 Å². The van der Waals surface area contributed by atoms with Gasteiger partial charge in [-0.1, -0.05) is 40.5 Å². The van der Waals surface area contributed by atoms with Gasteiger partial charge in [0.1, 0.15) is 0 Å². The highest BCUT2D eigenvalue weighted by Crippen LogP contribution is 2.06. The lowest BCUT2D eigenvalue weighted by Crippen LogP contribution is -2.37. The van der Waals surface area contributed by atoms with Crippen LogP contribution in [0.3, 0.4) is 0 Å². The molecule has 0 fully saturated rings. The quantitative estimate of drug-likeness (QED) is 0.632. The number of aliphatic hydroxyl groups excluding tert-OH is 1. The minimum absolute atomic E-state index is 0.203. The highest BCUT2D eigenvalue weighted by Gasteiger charge is 2.11. The van der Waals surface area contributed by atoms with Gasteiger partial charge in [-0.3, -0.25) is 0 Å². The molecule has 86 valence electrons. The molecule has 0 aliphatic heterocycles. The van der Waals surface area contributed by atoms with Gasteiger partial charge in [-0.2, -0.15) is 0 Å². The largest absolute Gasteiger partial charge is 0.392 e. The van der Waals surface area contributed by atoms with E-state index in [9.17, 15) is 5.11 Å². The third-order valence-corrected chi connectivity index (χ3v) is 2.66. The highest BCUT2D eigenvalue weighted by atomic mass is 16.3. The van der Waals surface area contributed by atoms with Crippen molar-refractivity contribution in [3.63, 3.8) is 0 Å². The summed E-state index contributed by atoms with van der Waals surface area (Å²) < 4.78 is 0. The fraction of sp³-hybridized carbons (Fsp3) is 1.00. The maximum absolute atomic E-state index is 9.65. The van der Waals surface area contributed by atoms with Crippen LogP contribution in [0.2, 0.25) is 0 Å². The first kappa shape index (κ1) is 13.9. The second-order valence-electron chi connectivity index (χ2n) is 4.49. The molecule has 2 nitrogen and oxygen atoms in total. The molecule has 0 saturated heterocycles. The molecule has 0 aromatic rings. The van der Waals surface area contributed by atoms with Crippen molar-refractivity contribution in [1.29, 1.82) is 0 Å². The van der Waals surface area contributed by atoms with Gasteiger partial charge in [-0.15, -0.1) is 0 Å². The number of hydrogen-bond acceptors (Lipinski definition) is 2. The lowest BCUT2D eigenvalue weighted by Gasteiger charge is -2.21. The SMILES string of the molecule is CCCC(CCC)NCC(O)C(C)C. The van der Waals surface area contributed by atoms with E-state index in [0.29, 0.717) is 12.0 Å². The Kier molecular flexibility index (Phi) is 8.20. The summed E-state index contributed by atoms with van der Waals surface area (Å²) in [6.45, 7) is 9.27. The summed E-state index contributed by atoms with van der Waals surface area (Å²) in [5.41, 5.74) is 0. The van der Waals surface area contributed by atoms with Crippen molar-refractivity contribution in [3.05, 3.63) is 0 Å². The Morgan fingerprint density at radius 3 is 1.93 bits per heavy atom. The van der Waals surface area contributed by atoms with Crippen molar-refractivity contribution in [2.75, 3.05) is 6.54 Å². The molecule has 0 aromatic carbocycles. The summed E-state index contributed by atoms with van der Waals surface area (Å²) >= 11 is 0. The van der Waals surface area contributed by atoms with Crippen LogP contribution >= 0.6 is 0 Å². The Bertz CT molecular complexity index is 119. The van der Waals surface area contributed by atoms with Crippen LogP contribution in [0.15, 0.2) is 0 Å². The van der Waals surface area contributed by atoms with E-state index in [1.54, 1.807) is 0 Å². The topological polar surface area (TPSA) is 32.3 Å². The summed E-state index contributed by atoms with van der Waals surface area (Å²) in [5, 5.41) is 13.1. The third kappa shape index (κ3) is 6.39. The van der Waals surface area contributed by atoms with Crippen LogP contribution in [0.4, 0.5) is 0 Å². The molecule has 0 radical (unpaired) electrons. The van der Waals surface area contributed by atoms with Crippen LogP contribution < -0.4 is 5.32 Å². The predicted octanol–water partition coefficient (Wildman–Crippen LogP) is 2.56. The Morgan fingerprint density at radius 2 is 1.57 bits per heavy atom. The van der Waals surface area contributed by atoms with Crippen LogP contribution in [-0.2, 0) is 0 Å². The molecular formula is C12H27NO. The summed E-state index contributed by atoms with van der Waals surface area (Å²) in [6.07, 6.45) is 4.67. The maximum Gasteiger partial charge on any atom is 0.0687 e. The zero-order valence-electron chi connectivity index (χ0n) is 10.2.